The number of Topliss-reactive ketones (excluding diaryl/α,β-unsaturated/α-hetero) is 1. The predicted molar refractivity (Wildman–Crippen MR) is 128 cm³/mol. The zero-order valence-electron chi connectivity index (χ0n) is 21.3. The molecule has 1 N–H and O–H groups in total. The quantitative estimate of drug-likeness (QED) is 0.363. The highest BCUT2D eigenvalue weighted by molar-refractivity contribution is 5.97. The Morgan fingerprint density at radius 1 is 1.12 bits per heavy atom. The normalized spacial score (nSPS) is 21.0. The van der Waals surface area contributed by atoms with E-state index in [1.165, 1.54) is 0 Å². The van der Waals surface area contributed by atoms with Crippen LogP contribution >= 0.6 is 0 Å². The molecule has 3 atom stereocenters. The van der Waals surface area contributed by atoms with Crippen molar-refractivity contribution in [2.75, 3.05) is 47.8 Å². The van der Waals surface area contributed by atoms with Crippen LogP contribution in [0.5, 0.6) is 11.5 Å². The molecule has 2 aliphatic heterocycles. The third-order valence-corrected chi connectivity index (χ3v) is 6.67. The van der Waals surface area contributed by atoms with Crippen molar-refractivity contribution < 1.29 is 33.6 Å². The van der Waals surface area contributed by atoms with Crippen LogP contribution in [0.4, 0.5) is 0 Å². The third-order valence-electron chi connectivity index (χ3n) is 6.67. The Balaban J connectivity index is 2.04. The minimum Gasteiger partial charge on any atom is -0.493 e. The summed E-state index contributed by atoms with van der Waals surface area (Å²) in [6.07, 6.45) is 2.33. The minimum absolute atomic E-state index is 0.0385. The first-order valence-corrected chi connectivity index (χ1v) is 11.9. The molecule has 190 valence electrons. The molecule has 0 aliphatic carbocycles. The molecule has 1 aromatic rings. The molecular formula is C26H39NO7. The van der Waals surface area contributed by atoms with Gasteiger partial charge in [-0.25, -0.2) is 0 Å². The summed E-state index contributed by atoms with van der Waals surface area (Å²) < 4.78 is 27.7. The fraction of sp³-hybridized carbons (Fsp3) is 0.654. The number of ether oxygens (including phenoxy) is 5. The van der Waals surface area contributed by atoms with Crippen LogP contribution in [0.2, 0.25) is 0 Å². The van der Waals surface area contributed by atoms with Crippen molar-refractivity contribution in [2.24, 2.45) is 5.41 Å². The Bertz CT molecular complexity index is 882. The van der Waals surface area contributed by atoms with Gasteiger partial charge in [-0.05, 0) is 36.6 Å². The highest BCUT2D eigenvalue weighted by Crippen LogP contribution is 2.47. The van der Waals surface area contributed by atoms with E-state index in [1.807, 2.05) is 12.1 Å². The average Bonchev–Trinajstić information content (AvgIpc) is 2.80. The van der Waals surface area contributed by atoms with E-state index < -0.39 is 6.29 Å². The molecule has 2 heterocycles. The number of ketones is 1. The number of fused-ring (bicyclic) bond motifs is 3. The molecule has 8 nitrogen and oxygen atoms in total. The van der Waals surface area contributed by atoms with E-state index in [9.17, 15) is 9.90 Å². The van der Waals surface area contributed by atoms with Gasteiger partial charge in [-0.3, -0.25) is 4.79 Å². The highest BCUT2D eigenvalue weighted by atomic mass is 16.6. The summed E-state index contributed by atoms with van der Waals surface area (Å²) in [6.45, 7) is 8.15. The second-order valence-corrected chi connectivity index (χ2v) is 9.52. The van der Waals surface area contributed by atoms with E-state index in [0.717, 1.165) is 24.0 Å². The van der Waals surface area contributed by atoms with Gasteiger partial charge in [0.2, 0.25) is 0 Å². The van der Waals surface area contributed by atoms with Gasteiger partial charge in [0.1, 0.15) is 0 Å². The molecule has 0 saturated heterocycles. The van der Waals surface area contributed by atoms with Gasteiger partial charge < -0.3 is 33.7 Å². The SMILES string of the molecule is CCOC(O)C1=CN2C(CC1=O)c1cc(OC)c(OCCCOC)cc1CC2C(C)(C)COC. The van der Waals surface area contributed by atoms with Gasteiger partial charge in [-0.2, -0.15) is 0 Å². The van der Waals surface area contributed by atoms with E-state index in [0.29, 0.717) is 43.5 Å². The Morgan fingerprint density at radius 2 is 1.88 bits per heavy atom. The van der Waals surface area contributed by atoms with Gasteiger partial charge in [0.25, 0.3) is 0 Å². The van der Waals surface area contributed by atoms with E-state index in [4.69, 9.17) is 23.7 Å². The number of aliphatic hydroxyl groups excluding tert-OH is 1. The van der Waals surface area contributed by atoms with Crippen molar-refractivity contribution >= 4 is 5.78 Å². The molecule has 0 saturated carbocycles. The van der Waals surface area contributed by atoms with Crippen LogP contribution in [-0.4, -0.2) is 75.9 Å². The molecule has 1 aromatic carbocycles. The Morgan fingerprint density at radius 3 is 2.53 bits per heavy atom. The van der Waals surface area contributed by atoms with E-state index in [1.54, 1.807) is 34.5 Å². The number of carbonyl (C=O) groups is 1. The van der Waals surface area contributed by atoms with Crippen LogP contribution in [0.25, 0.3) is 0 Å². The van der Waals surface area contributed by atoms with Crippen LogP contribution in [0.1, 0.15) is 50.8 Å². The standard InChI is InChI=1S/C26H39NO7/c1-7-33-25(29)19-15-27-20(14-21(19)28)18-13-22(32-6)23(34-10-8-9-30-4)11-17(18)12-24(27)26(2,3)16-31-5/h11,13,15,20,24-25,29H,7-10,12,14,16H2,1-6H3. The van der Waals surface area contributed by atoms with Gasteiger partial charge in [0.05, 0.1) is 31.9 Å². The van der Waals surface area contributed by atoms with Crippen LogP contribution in [0, 0.1) is 5.41 Å². The Hall–Kier alpha value is -2.13. The number of rotatable bonds is 12. The molecule has 34 heavy (non-hydrogen) atoms. The summed E-state index contributed by atoms with van der Waals surface area (Å²) in [6, 6.07) is 3.90. The summed E-state index contributed by atoms with van der Waals surface area (Å²) >= 11 is 0. The lowest BCUT2D eigenvalue weighted by Crippen LogP contribution is -2.52. The van der Waals surface area contributed by atoms with Crippen molar-refractivity contribution in [2.45, 2.75) is 58.4 Å². The molecular weight excluding hydrogens is 438 g/mol. The van der Waals surface area contributed by atoms with E-state index in [-0.39, 0.29) is 29.7 Å². The van der Waals surface area contributed by atoms with E-state index in [2.05, 4.69) is 18.7 Å². The zero-order valence-corrected chi connectivity index (χ0v) is 21.3. The highest BCUT2D eigenvalue weighted by Gasteiger charge is 2.45. The van der Waals surface area contributed by atoms with Crippen LogP contribution in [-0.2, 0) is 25.4 Å². The van der Waals surface area contributed by atoms with Crippen LogP contribution in [0.15, 0.2) is 23.9 Å². The smallest absolute Gasteiger partial charge is 0.186 e. The summed E-state index contributed by atoms with van der Waals surface area (Å²) in [5.41, 5.74) is 2.25. The van der Waals surface area contributed by atoms with Gasteiger partial charge in [0, 0.05) is 57.9 Å². The molecule has 3 rings (SSSR count). The fourth-order valence-corrected chi connectivity index (χ4v) is 4.97. The topological polar surface area (TPSA) is 86.7 Å². The molecule has 0 bridgehead atoms. The second kappa shape index (κ2) is 11.5. The first-order valence-electron chi connectivity index (χ1n) is 11.9. The number of carbonyl (C=O) groups excluding carboxylic acids is 1. The largest absolute Gasteiger partial charge is 0.493 e. The second-order valence-electron chi connectivity index (χ2n) is 9.52. The summed E-state index contributed by atoms with van der Waals surface area (Å²) in [5.74, 6) is 1.22. The van der Waals surface area contributed by atoms with Crippen molar-refractivity contribution in [3.05, 3.63) is 35.0 Å². The van der Waals surface area contributed by atoms with Gasteiger partial charge in [0.15, 0.2) is 23.6 Å². The van der Waals surface area contributed by atoms with Crippen LogP contribution in [0.3, 0.4) is 0 Å². The molecule has 3 unspecified atom stereocenters. The fourth-order valence-electron chi connectivity index (χ4n) is 4.97. The van der Waals surface area contributed by atoms with Gasteiger partial charge in [-0.15, -0.1) is 0 Å². The van der Waals surface area contributed by atoms with Crippen molar-refractivity contribution in [3.63, 3.8) is 0 Å². The Kier molecular flexibility index (Phi) is 8.98. The average molecular weight is 478 g/mol. The summed E-state index contributed by atoms with van der Waals surface area (Å²) in [5, 5.41) is 10.5. The maximum Gasteiger partial charge on any atom is 0.186 e. The van der Waals surface area contributed by atoms with Crippen molar-refractivity contribution in [3.8, 4) is 11.5 Å². The number of nitrogens with zero attached hydrogens (tertiary/aromatic N) is 1. The molecule has 0 amide bonds. The molecule has 0 spiro atoms. The van der Waals surface area contributed by atoms with E-state index >= 15 is 0 Å². The molecule has 0 radical (unpaired) electrons. The summed E-state index contributed by atoms with van der Waals surface area (Å²) in [7, 11) is 5.00. The number of hydrogen-bond donors (Lipinski definition) is 1. The summed E-state index contributed by atoms with van der Waals surface area (Å²) in [4.78, 5) is 15.3. The first-order chi connectivity index (χ1) is 16.3. The minimum atomic E-state index is -1.23. The third kappa shape index (κ3) is 5.57. The van der Waals surface area contributed by atoms with Crippen molar-refractivity contribution in [1.29, 1.82) is 0 Å². The molecule has 0 fully saturated rings. The maximum absolute atomic E-state index is 13.1. The zero-order chi connectivity index (χ0) is 24.9. The molecule has 8 heteroatoms. The van der Waals surface area contributed by atoms with Gasteiger partial charge in [-0.1, -0.05) is 13.8 Å². The number of aliphatic hydroxyl groups is 1. The number of methoxy groups -OCH3 is 3. The van der Waals surface area contributed by atoms with Crippen molar-refractivity contribution in [1.82, 2.24) is 4.90 Å². The lowest BCUT2D eigenvalue weighted by molar-refractivity contribution is -0.126. The number of hydrogen-bond acceptors (Lipinski definition) is 8. The maximum atomic E-state index is 13.1. The number of benzene rings is 1. The van der Waals surface area contributed by atoms with Gasteiger partial charge >= 0.3 is 0 Å². The molecule has 2 aliphatic rings. The monoisotopic (exact) mass is 477 g/mol. The molecule has 0 aromatic heterocycles. The predicted octanol–water partition coefficient (Wildman–Crippen LogP) is 3.26. The first kappa shape index (κ1) is 26.5. The van der Waals surface area contributed by atoms with Crippen LogP contribution < -0.4 is 9.47 Å². The lowest BCUT2D eigenvalue weighted by Gasteiger charge is -2.51. The Labute approximate surface area is 202 Å². The lowest BCUT2D eigenvalue weighted by atomic mass is 9.73.